The van der Waals surface area contributed by atoms with Crippen LogP contribution in [0.4, 0.5) is 5.82 Å². The average molecular weight is 225 g/mol. The Balaban J connectivity index is 2.81. The zero-order chi connectivity index (χ0) is 12.2. The molecule has 1 aromatic heterocycles. The van der Waals surface area contributed by atoms with E-state index in [2.05, 4.69) is 9.97 Å². The summed E-state index contributed by atoms with van der Waals surface area (Å²) in [6, 6.07) is 1.61. The highest BCUT2D eigenvalue weighted by Crippen LogP contribution is 2.17. The molecule has 0 aliphatic heterocycles. The molecule has 0 aliphatic rings. The summed E-state index contributed by atoms with van der Waals surface area (Å²) >= 11 is 0. The fourth-order valence-corrected chi connectivity index (χ4v) is 1.12. The molecule has 0 amide bonds. The summed E-state index contributed by atoms with van der Waals surface area (Å²) in [7, 11) is 0. The quantitative estimate of drug-likeness (QED) is 0.845. The molecule has 0 spiro atoms. The van der Waals surface area contributed by atoms with Crippen molar-refractivity contribution in [1.29, 1.82) is 0 Å². The predicted molar refractivity (Wildman–Crippen MR) is 62.2 cm³/mol. The molecule has 90 valence electrons. The molecule has 0 fully saturated rings. The molecule has 0 unspecified atom stereocenters. The number of rotatable bonds is 4. The molecule has 5 nitrogen and oxygen atoms in total. The van der Waals surface area contributed by atoms with Gasteiger partial charge in [0.1, 0.15) is 18.0 Å². The van der Waals surface area contributed by atoms with E-state index in [-0.39, 0.29) is 5.60 Å². The molecule has 0 saturated carbocycles. The number of hydrogen-bond acceptors (Lipinski definition) is 5. The standard InChI is InChI=1S/C11H19N3O2/c1-5-15-7-9-13-8(12)6-10(14-9)16-11(2,3)4/h6H,5,7H2,1-4H3,(H2,12,13,14). The van der Waals surface area contributed by atoms with Gasteiger partial charge in [0, 0.05) is 12.7 Å². The Morgan fingerprint density at radius 2 is 2.00 bits per heavy atom. The number of anilines is 1. The number of nitrogen functional groups attached to an aromatic ring is 1. The predicted octanol–water partition coefficient (Wildman–Crippen LogP) is 1.77. The number of ether oxygens (including phenoxy) is 2. The minimum Gasteiger partial charge on any atom is -0.472 e. The zero-order valence-electron chi connectivity index (χ0n) is 10.3. The Labute approximate surface area is 96.0 Å². The van der Waals surface area contributed by atoms with Gasteiger partial charge in [0.05, 0.1) is 0 Å². The first-order chi connectivity index (χ1) is 7.40. The number of aromatic nitrogens is 2. The van der Waals surface area contributed by atoms with Crippen LogP contribution in [0.1, 0.15) is 33.5 Å². The zero-order valence-corrected chi connectivity index (χ0v) is 10.3. The largest absolute Gasteiger partial charge is 0.472 e. The lowest BCUT2D eigenvalue weighted by molar-refractivity contribution is 0.114. The van der Waals surface area contributed by atoms with E-state index in [0.29, 0.717) is 30.7 Å². The first-order valence-corrected chi connectivity index (χ1v) is 5.31. The third kappa shape index (κ3) is 4.44. The lowest BCUT2D eigenvalue weighted by Gasteiger charge is -2.20. The van der Waals surface area contributed by atoms with Gasteiger partial charge in [-0.25, -0.2) is 4.98 Å². The second-order valence-corrected chi connectivity index (χ2v) is 4.40. The first-order valence-electron chi connectivity index (χ1n) is 5.31. The summed E-state index contributed by atoms with van der Waals surface area (Å²) in [6.45, 7) is 8.74. The fourth-order valence-electron chi connectivity index (χ4n) is 1.12. The van der Waals surface area contributed by atoms with Gasteiger partial charge < -0.3 is 15.2 Å². The van der Waals surface area contributed by atoms with Gasteiger partial charge in [0.2, 0.25) is 5.88 Å². The minimum atomic E-state index is -0.302. The maximum Gasteiger partial charge on any atom is 0.219 e. The van der Waals surface area contributed by atoms with Crippen LogP contribution in [0.25, 0.3) is 0 Å². The lowest BCUT2D eigenvalue weighted by atomic mass is 10.2. The maximum atomic E-state index is 5.66. The van der Waals surface area contributed by atoms with E-state index in [1.807, 2.05) is 27.7 Å². The molecule has 16 heavy (non-hydrogen) atoms. The van der Waals surface area contributed by atoms with E-state index in [4.69, 9.17) is 15.2 Å². The molecule has 0 saturated heterocycles. The highest BCUT2D eigenvalue weighted by molar-refractivity contribution is 5.32. The molecular weight excluding hydrogens is 206 g/mol. The summed E-state index contributed by atoms with van der Waals surface area (Å²) < 4.78 is 10.8. The van der Waals surface area contributed by atoms with Gasteiger partial charge in [-0.05, 0) is 27.7 Å². The van der Waals surface area contributed by atoms with Crippen molar-refractivity contribution in [2.45, 2.75) is 39.9 Å². The van der Waals surface area contributed by atoms with Gasteiger partial charge in [-0.15, -0.1) is 0 Å². The Hall–Kier alpha value is -1.36. The van der Waals surface area contributed by atoms with Crippen LogP contribution in [0.5, 0.6) is 5.88 Å². The van der Waals surface area contributed by atoms with Gasteiger partial charge in [0.15, 0.2) is 5.82 Å². The normalized spacial score (nSPS) is 11.5. The van der Waals surface area contributed by atoms with E-state index in [1.165, 1.54) is 0 Å². The van der Waals surface area contributed by atoms with Gasteiger partial charge in [-0.3, -0.25) is 0 Å². The number of hydrogen-bond donors (Lipinski definition) is 1. The molecule has 0 atom stereocenters. The van der Waals surface area contributed by atoms with Crippen molar-refractivity contribution in [2.24, 2.45) is 0 Å². The minimum absolute atomic E-state index is 0.302. The summed E-state index contributed by atoms with van der Waals surface area (Å²) in [4.78, 5) is 8.28. The molecule has 0 aliphatic carbocycles. The van der Waals surface area contributed by atoms with E-state index in [1.54, 1.807) is 6.07 Å². The second kappa shape index (κ2) is 5.12. The van der Waals surface area contributed by atoms with Crippen LogP contribution in [0.2, 0.25) is 0 Å². The molecule has 1 aromatic rings. The summed E-state index contributed by atoms with van der Waals surface area (Å²) in [5.74, 6) is 1.42. The van der Waals surface area contributed by atoms with Crippen LogP contribution < -0.4 is 10.5 Å². The van der Waals surface area contributed by atoms with Crippen molar-refractivity contribution in [1.82, 2.24) is 9.97 Å². The summed E-state index contributed by atoms with van der Waals surface area (Å²) in [6.07, 6.45) is 0. The van der Waals surface area contributed by atoms with Crippen LogP contribution in [0.3, 0.4) is 0 Å². The van der Waals surface area contributed by atoms with Crippen molar-refractivity contribution >= 4 is 5.82 Å². The molecule has 0 bridgehead atoms. The highest BCUT2D eigenvalue weighted by atomic mass is 16.5. The number of nitrogens with two attached hydrogens (primary N) is 1. The van der Waals surface area contributed by atoms with Gasteiger partial charge >= 0.3 is 0 Å². The molecule has 1 heterocycles. The van der Waals surface area contributed by atoms with Crippen LogP contribution >= 0.6 is 0 Å². The molecule has 2 N–H and O–H groups in total. The second-order valence-electron chi connectivity index (χ2n) is 4.40. The summed E-state index contributed by atoms with van der Waals surface area (Å²) in [5.41, 5.74) is 5.36. The molecule has 1 rings (SSSR count). The van der Waals surface area contributed by atoms with E-state index in [0.717, 1.165) is 0 Å². The first kappa shape index (κ1) is 12.7. The lowest BCUT2D eigenvalue weighted by Crippen LogP contribution is -2.24. The van der Waals surface area contributed by atoms with E-state index < -0.39 is 0 Å². The van der Waals surface area contributed by atoms with Gasteiger partial charge in [0.25, 0.3) is 0 Å². The Morgan fingerprint density at radius 1 is 1.31 bits per heavy atom. The topological polar surface area (TPSA) is 70.3 Å². The van der Waals surface area contributed by atoms with Crippen LogP contribution in [-0.4, -0.2) is 22.2 Å². The maximum absolute atomic E-state index is 5.66. The van der Waals surface area contributed by atoms with E-state index in [9.17, 15) is 0 Å². The van der Waals surface area contributed by atoms with Crippen molar-refractivity contribution in [2.75, 3.05) is 12.3 Å². The smallest absolute Gasteiger partial charge is 0.219 e. The van der Waals surface area contributed by atoms with E-state index >= 15 is 0 Å². The molecule has 0 aromatic carbocycles. The Morgan fingerprint density at radius 3 is 2.56 bits per heavy atom. The van der Waals surface area contributed by atoms with Crippen LogP contribution in [0.15, 0.2) is 6.07 Å². The average Bonchev–Trinajstić information content (AvgIpc) is 2.10. The monoisotopic (exact) mass is 225 g/mol. The van der Waals surface area contributed by atoms with Crippen molar-refractivity contribution in [3.63, 3.8) is 0 Å². The Kier molecular flexibility index (Phi) is 4.06. The van der Waals surface area contributed by atoms with Crippen LogP contribution in [0, 0.1) is 0 Å². The highest BCUT2D eigenvalue weighted by Gasteiger charge is 2.14. The third-order valence-electron chi connectivity index (χ3n) is 1.61. The SMILES string of the molecule is CCOCc1nc(N)cc(OC(C)(C)C)n1. The van der Waals surface area contributed by atoms with Crippen molar-refractivity contribution in [3.8, 4) is 5.88 Å². The van der Waals surface area contributed by atoms with Crippen molar-refractivity contribution < 1.29 is 9.47 Å². The fraction of sp³-hybridized carbons (Fsp3) is 0.636. The van der Waals surface area contributed by atoms with Gasteiger partial charge in [-0.2, -0.15) is 4.98 Å². The molecule has 0 radical (unpaired) electrons. The summed E-state index contributed by atoms with van der Waals surface area (Å²) in [5, 5.41) is 0. The van der Waals surface area contributed by atoms with Crippen molar-refractivity contribution in [3.05, 3.63) is 11.9 Å². The third-order valence-corrected chi connectivity index (χ3v) is 1.61. The molecule has 5 heteroatoms. The van der Waals surface area contributed by atoms with Crippen LogP contribution in [-0.2, 0) is 11.3 Å². The van der Waals surface area contributed by atoms with Gasteiger partial charge in [-0.1, -0.05) is 0 Å². The number of nitrogens with zero attached hydrogens (tertiary/aromatic N) is 2. The Bertz CT molecular complexity index is 348. The molecular formula is C11H19N3O2.